The van der Waals surface area contributed by atoms with Crippen molar-refractivity contribution in [2.24, 2.45) is 0 Å². The van der Waals surface area contributed by atoms with E-state index in [0.717, 1.165) is 0 Å². The van der Waals surface area contributed by atoms with Gasteiger partial charge in [0.1, 0.15) is 0 Å². The molecular formula is C24H56P2Pd2. The van der Waals surface area contributed by atoms with E-state index in [0.29, 0.717) is 30.9 Å². The van der Waals surface area contributed by atoms with Crippen molar-refractivity contribution in [1.82, 2.24) is 0 Å². The van der Waals surface area contributed by atoms with Crippen molar-refractivity contribution >= 4 is 10.9 Å². The summed E-state index contributed by atoms with van der Waals surface area (Å²) in [7, 11) is 0. The molecule has 0 aliphatic carbocycles. The molecule has 28 heavy (non-hydrogen) atoms. The third-order valence-electron chi connectivity index (χ3n) is 5.92. The van der Waals surface area contributed by atoms with Crippen LogP contribution in [0.3, 0.4) is 0 Å². The van der Waals surface area contributed by atoms with Crippen LogP contribution in [0.15, 0.2) is 0 Å². The molecule has 0 N–H and O–H groups in total. The van der Waals surface area contributed by atoms with Crippen LogP contribution in [0, 0.1) is 0 Å². The van der Waals surface area contributed by atoms with Crippen molar-refractivity contribution in [2.75, 3.05) is 0 Å². The molecule has 0 nitrogen and oxygen atoms in total. The van der Waals surface area contributed by atoms with Crippen molar-refractivity contribution < 1.29 is 37.4 Å². The van der Waals surface area contributed by atoms with E-state index in [1.165, 1.54) is 0 Å². The van der Waals surface area contributed by atoms with Crippen molar-refractivity contribution in [3.05, 3.63) is 0 Å². The Kier molecular flexibility index (Phi) is 10.6. The molecule has 0 radical (unpaired) electrons. The second-order valence-electron chi connectivity index (χ2n) is 14.7. The van der Waals surface area contributed by atoms with Crippen LogP contribution in [-0.4, -0.2) is 30.9 Å². The van der Waals surface area contributed by atoms with Crippen LogP contribution in [0.4, 0.5) is 0 Å². The molecule has 0 amide bonds. The van der Waals surface area contributed by atoms with Crippen molar-refractivity contribution in [2.45, 2.75) is 156 Å². The fourth-order valence-corrected chi connectivity index (χ4v) is 20.2. The van der Waals surface area contributed by atoms with E-state index in [1.807, 2.05) is 0 Å². The van der Waals surface area contributed by atoms with Gasteiger partial charge in [-0.2, -0.15) is 0 Å². The molecular weight excluding hydrogens is 563 g/mol. The van der Waals surface area contributed by atoms with Gasteiger partial charge < -0.3 is 0 Å². The molecule has 0 atom stereocenters. The Labute approximate surface area is 202 Å². The molecule has 0 saturated carbocycles. The van der Waals surface area contributed by atoms with E-state index in [-0.39, 0.29) is 0 Å². The van der Waals surface area contributed by atoms with Crippen LogP contribution < -0.4 is 0 Å². The average molecular weight is 619 g/mol. The molecule has 0 rings (SSSR count). The topological polar surface area (TPSA) is 0 Å². The summed E-state index contributed by atoms with van der Waals surface area (Å²) in [4.78, 5) is 0. The first-order valence-corrected chi connectivity index (χ1v) is 19.1. The molecule has 0 aliphatic rings. The summed E-state index contributed by atoms with van der Waals surface area (Å²) in [5, 5.41) is 2.37. The Balaban J connectivity index is 0. The molecule has 0 aromatic rings. The van der Waals surface area contributed by atoms with E-state index in [2.05, 4.69) is 162 Å². The molecule has 0 aromatic heterocycles. The third kappa shape index (κ3) is 6.60. The van der Waals surface area contributed by atoms with Gasteiger partial charge in [-0.15, -0.1) is 0 Å². The molecule has 182 valence electrons. The predicted octanol–water partition coefficient (Wildman–Crippen LogP) is 9.19. The summed E-state index contributed by atoms with van der Waals surface area (Å²) < 4.78 is 0. The minimum atomic E-state index is -1.50. The SMILES string of the molecule is CC(C)(C)[PH]([Pd])(C(C)(C)C)C(C)(C)C.CC(C)(C)[PH]([Pd])(C(C)(C)C)C(C)(C)C. The molecule has 4 heteroatoms. The van der Waals surface area contributed by atoms with Crippen molar-refractivity contribution in [3.63, 3.8) is 0 Å². The van der Waals surface area contributed by atoms with Gasteiger partial charge in [0.15, 0.2) is 0 Å². The first kappa shape index (κ1) is 32.4. The van der Waals surface area contributed by atoms with Crippen molar-refractivity contribution in [3.8, 4) is 0 Å². The summed E-state index contributed by atoms with van der Waals surface area (Å²) >= 11 is 7.73. The number of hydrogen-bond donors (Lipinski definition) is 0. The van der Waals surface area contributed by atoms with Gasteiger partial charge in [-0.1, -0.05) is 0 Å². The summed E-state index contributed by atoms with van der Waals surface area (Å²) in [6.07, 6.45) is 0. The first-order chi connectivity index (χ1) is 11.5. The Hall–Kier alpha value is 2.18. The Morgan fingerprint density at radius 3 is 0.357 bits per heavy atom. The van der Waals surface area contributed by atoms with Crippen LogP contribution in [0.1, 0.15) is 125 Å². The van der Waals surface area contributed by atoms with Gasteiger partial charge in [0.2, 0.25) is 0 Å². The number of rotatable bonds is 0. The van der Waals surface area contributed by atoms with E-state index in [9.17, 15) is 0 Å². The molecule has 0 spiro atoms. The predicted molar refractivity (Wildman–Crippen MR) is 135 cm³/mol. The second-order valence-corrected chi connectivity index (χ2v) is 33.2. The second kappa shape index (κ2) is 9.21. The van der Waals surface area contributed by atoms with Gasteiger partial charge in [0.25, 0.3) is 0 Å². The zero-order valence-electron chi connectivity index (χ0n) is 22.6. The molecule has 0 unspecified atom stereocenters. The quantitative estimate of drug-likeness (QED) is 0.187. The van der Waals surface area contributed by atoms with E-state index >= 15 is 0 Å². The summed E-state index contributed by atoms with van der Waals surface area (Å²) in [6, 6.07) is 0. The average Bonchev–Trinajstić information content (AvgIpc) is 2.29. The van der Waals surface area contributed by atoms with E-state index in [1.54, 1.807) is 0 Å². The number of hydrogen-bond acceptors (Lipinski definition) is 0. The zero-order valence-corrected chi connectivity index (χ0v) is 27.7. The van der Waals surface area contributed by atoms with Gasteiger partial charge in [-0.3, -0.25) is 0 Å². The normalized spacial score (nSPS) is 17.1. The van der Waals surface area contributed by atoms with Gasteiger partial charge >= 0.3 is 204 Å². The van der Waals surface area contributed by atoms with Crippen LogP contribution in [0.5, 0.6) is 0 Å². The van der Waals surface area contributed by atoms with Crippen LogP contribution in [-0.2, 0) is 37.4 Å². The van der Waals surface area contributed by atoms with Gasteiger partial charge in [0, 0.05) is 0 Å². The first-order valence-electron chi connectivity index (χ1n) is 10.8. The molecule has 0 aliphatic heterocycles. The summed E-state index contributed by atoms with van der Waals surface area (Å²) in [6.45, 7) is 43.0. The Bertz CT molecular complexity index is 376. The fraction of sp³-hybridized carbons (Fsp3) is 1.00. The van der Waals surface area contributed by atoms with Crippen molar-refractivity contribution in [1.29, 1.82) is 0 Å². The fourth-order valence-electron chi connectivity index (χ4n) is 6.75. The molecule has 0 aromatic carbocycles. The van der Waals surface area contributed by atoms with E-state index in [4.69, 9.17) is 0 Å². The Morgan fingerprint density at radius 2 is 0.357 bits per heavy atom. The van der Waals surface area contributed by atoms with Gasteiger partial charge in [-0.05, 0) is 0 Å². The summed E-state index contributed by atoms with van der Waals surface area (Å²) in [5.41, 5.74) is -3.01. The molecule has 0 saturated heterocycles. The third-order valence-corrected chi connectivity index (χ3v) is 38.8. The van der Waals surface area contributed by atoms with E-state index < -0.39 is 10.9 Å². The van der Waals surface area contributed by atoms with Crippen LogP contribution in [0.2, 0.25) is 0 Å². The van der Waals surface area contributed by atoms with Crippen LogP contribution in [0.25, 0.3) is 0 Å². The Morgan fingerprint density at radius 1 is 0.286 bits per heavy atom. The van der Waals surface area contributed by atoms with Crippen LogP contribution >= 0.6 is 10.9 Å². The standard InChI is InChI=1S/2C12H27P.2Pd/c2*1-10(2,3)13(11(4,5)6)12(7,8)9;;/h2*1-9H3;;/q;;2*-1/p+2. The summed E-state index contributed by atoms with van der Waals surface area (Å²) in [5.74, 6) is 0. The zero-order chi connectivity index (χ0) is 24.0. The maximum atomic E-state index is 3.86. The molecule has 0 bridgehead atoms. The van der Waals surface area contributed by atoms with Gasteiger partial charge in [0.05, 0.1) is 0 Å². The molecule has 0 fully saturated rings. The minimum absolute atomic E-state index is 0.395. The molecule has 0 heterocycles. The monoisotopic (exact) mass is 618 g/mol. The maximum absolute atomic E-state index is 3.86. The van der Waals surface area contributed by atoms with Gasteiger partial charge in [-0.25, -0.2) is 0 Å².